The van der Waals surface area contributed by atoms with Crippen LogP contribution in [0, 0.1) is 0 Å². The van der Waals surface area contributed by atoms with E-state index in [-0.39, 0.29) is 0 Å². The molecule has 0 fully saturated rings. The lowest BCUT2D eigenvalue weighted by molar-refractivity contribution is 1.18. The zero-order valence-electron chi connectivity index (χ0n) is 25.3. The molecule has 220 valence electrons. The number of imidazole rings is 1. The number of nitrogens with zero attached hydrogens (tertiary/aromatic N) is 5. The minimum absolute atomic E-state index is 0.689. The van der Waals surface area contributed by atoms with E-state index in [1.807, 2.05) is 54.6 Å². The third-order valence-electron chi connectivity index (χ3n) is 8.65. The van der Waals surface area contributed by atoms with Gasteiger partial charge < -0.3 is 0 Å². The van der Waals surface area contributed by atoms with Crippen LogP contribution in [0.25, 0.3) is 83.9 Å². The van der Waals surface area contributed by atoms with Crippen molar-refractivity contribution in [1.82, 2.24) is 24.3 Å². The van der Waals surface area contributed by atoms with Gasteiger partial charge >= 0.3 is 0 Å². The second-order valence-electron chi connectivity index (χ2n) is 11.6. The Morgan fingerprint density at radius 2 is 0.957 bits per heavy atom. The van der Waals surface area contributed by atoms with Crippen molar-refractivity contribution in [2.24, 2.45) is 0 Å². The molecule has 5 nitrogen and oxygen atoms in total. The fraction of sp³-hybridized carbons (Fsp3) is 0. The molecule has 9 rings (SSSR count). The van der Waals surface area contributed by atoms with Gasteiger partial charge in [0, 0.05) is 33.8 Å². The molecule has 0 saturated heterocycles. The van der Waals surface area contributed by atoms with E-state index in [1.165, 1.54) is 5.56 Å². The predicted octanol–water partition coefficient (Wildman–Crippen LogP) is 10.2. The van der Waals surface area contributed by atoms with Crippen LogP contribution < -0.4 is 0 Å². The predicted molar refractivity (Wildman–Crippen MR) is 191 cm³/mol. The molecular formula is C42H27N5. The van der Waals surface area contributed by atoms with E-state index in [0.29, 0.717) is 5.82 Å². The van der Waals surface area contributed by atoms with Crippen LogP contribution in [-0.4, -0.2) is 24.3 Å². The van der Waals surface area contributed by atoms with Crippen LogP contribution in [-0.2, 0) is 0 Å². The van der Waals surface area contributed by atoms with Gasteiger partial charge in [0.05, 0.1) is 28.1 Å². The van der Waals surface area contributed by atoms with Crippen LogP contribution in [0.2, 0.25) is 0 Å². The average molecular weight is 602 g/mol. The molecule has 4 aromatic heterocycles. The fourth-order valence-electron chi connectivity index (χ4n) is 6.28. The van der Waals surface area contributed by atoms with Crippen molar-refractivity contribution in [1.29, 1.82) is 0 Å². The molecule has 0 aliphatic rings. The minimum atomic E-state index is 0.689. The lowest BCUT2D eigenvalue weighted by atomic mass is 10.0. The van der Waals surface area contributed by atoms with E-state index in [9.17, 15) is 0 Å². The third-order valence-corrected chi connectivity index (χ3v) is 8.65. The van der Waals surface area contributed by atoms with E-state index in [1.54, 1.807) is 0 Å². The van der Waals surface area contributed by atoms with E-state index >= 15 is 0 Å². The molecule has 5 aromatic carbocycles. The van der Waals surface area contributed by atoms with Crippen molar-refractivity contribution in [3.63, 3.8) is 0 Å². The number of para-hydroxylation sites is 1. The molecule has 0 atom stereocenters. The van der Waals surface area contributed by atoms with Gasteiger partial charge in [-0.3, -0.25) is 4.40 Å². The van der Waals surface area contributed by atoms with Gasteiger partial charge in [-0.15, -0.1) is 0 Å². The van der Waals surface area contributed by atoms with Crippen LogP contribution >= 0.6 is 0 Å². The summed E-state index contributed by atoms with van der Waals surface area (Å²) in [5, 5.41) is 1.05. The lowest BCUT2D eigenvalue weighted by Gasteiger charge is -2.11. The fourth-order valence-corrected chi connectivity index (χ4v) is 6.28. The van der Waals surface area contributed by atoms with Crippen LogP contribution in [0.4, 0.5) is 0 Å². The first kappa shape index (κ1) is 26.9. The van der Waals surface area contributed by atoms with Crippen LogP contribution in [0.3, 0.4) is 0 Å². The Bertz CT molecular complexity index is 2540. The molecule has 47 heavy (non-hydrogen) atoms. The Hall–Kier alpha value is -6.46. The van der Waals surface area contributed by atoms with E-state index in [0.717, 1.165) is 72.5 Å². The van der Waals surface area contributed by atoms with Gasteiger partial charge in [-0.05, 0) is 35.4 Å². The number of aromatic nitrogens is 5. The first-order valence-electron chi connectivity index (χ1n) is 15.7. The zero-order valence-corrected chi connectivity index (χ0v) is 25.3. The van der Waals surface area contributed by atoms with Crippen LogP contribution in [0.1, 0.15) is 0 Å². The summed E-state index contributed by atoms with van der Waals surface area (Å²) in [7, 11) is 0. The topological polar surface area (TPSA) is 56.0 Å². The van der Waals surface area contributed by atoms with Crippen molar-refractivity contribution in [2.75, 3.05) is 0 Å². The molecule has 0 bridgehead atoms. The molecule has 0 aliphatic heterocycles. The Morgan fingerprint density at radius 3 is 1.70 bits per heavy atom. The minimum Gasteiger partial charge on any atom is -0.298 e. The van der Waals surface area contributed by atoms with Crippen LogP contribution in [0.5, 0.6) is 0 Å². The number of hydrogen-bond acceptors (Lipinski definition) is 4. The maximum atomic E-state index is 5.15. The van der Waals surface area contributed by atoms with E-state index in [2.05, 4.69) is 114 Å². The first-order valence-corrected chi connectivity index (χ1v) is 15.7. The van der Waals surface area contributed by atoms with E-state index in [4.69, 9.17) is 19.9 Å². The summed E-state index contributed by atoms with van der Waals surface area (Å²) in [6, 6.07) is 54.0. The summed E-state index contributed by atoms with van der Waals surface area (Å²) < 4.78 is 2.13. The van der Waals surface area contributed by atoms with Gasteiger partial charge in [0.15, 0.2) is 5.82 Å². The second-order valence-corrected chi connectivity index (χ2v) is 11.6. The Balaban J connectivity index is 1.16. The summed E-state index contributed by atoms with van der Waals surface area (Å²) in [6.07, 6.45) is 2.05. The van der Waals surface area contributed by atoms with Crippen LogP contribution in [0.15, 0.2) is 164 Å². The molecule has 0 amide bonds. The number of fused-ring (bicyclic) bond motifs is 5. The normalized spacial score (nSPS) is 11.4. The van der Waals surface area contributed by atoms with Gasteiger partial charge in [0.25, 0.3) is 0 Å². The summed E-state index contributed by atoms with van der Waals surface area (Å²) >= 11 is 0. The Kier molecular flexibility index (Phi) is 6.39. The summed E-state index contributed by atoms with van der Waals surface area (Å²) in [5.74, 6) is 0.689. The lowest BCUT2D eigenvalue weighted by Crippen LogP contribution is -1.96. The monoisotopic (exact) mass is 601 g/mol. The highest BCUT2D eigenvalue weighted by molar-refractivity contribution is 6.09. The summed E-state index contributed by atoms with van der Waals surface area (Å²) in [4.78, 5) is 20.3. The highest BCUT2D eigenvalue weighted by Crippen LogP contribution is 2.35. The number of pyridine rings is 2. The van der Waals surface area contributed by atoms with Crippen molar-refractivity contribution < 1.29 is 0 Å². The molecule has 0 unspecified atom stereocenters. The Labute approximate surface area is 271 Å². The smallest absolute Gasteiger partial charge is 0.160 e. The molecular weight excluding hydrogens is 574 g/mol. The first-order chi connectivity index (χ1) is 23.3. The van der Waals surface area contributed by atoms with Gasteiger partial charge in [0.2, 0.25) is 0 Å². The van der Waals surface area contributed by atoms with Gasteiger partial charge in [-0.25, -0.2) is 19.9 Å². The zero-order chi connectivity index (χ0) is 31.2. The van der Waals surface area contributed by atoms with Gasteiger partial charge in [-0.2, -0.15) is 0 Å². The number of rotatable bonds is 5. The average Bonchev–Trinajstić information content (AvgIpc) is 3.55. The standard InChI is InChI=1S/C42H27N5/c1-3-11-28(12-4-1)29-18-24-33(25-19-29)42-44-36(30-13-5-2-6-14-30)27-37(45-42)31-20-22-32(23-21-31)39-41-40(34-15-7-8-16-35(34)43-39)46-38-17-9-10-26-47(38)41/h1-27H. The SMILES string of the molecule is c1ccc(-c2ccc(-c3nc(-c4ccccc4)cc(-c4ccc(-c5nc6ccccc6c6nc7ccccn7c56)cc4)n3)cc2)cc1. The molecule has 9 aromatic rings. The van der Waals surface area contributed by atoms with Crippen molar-refractivity contribution in [2.45, 2.75) is 0 Å². The largest absolute Gasteiger partial charge is 0.298 e. The third kappa shape index (κ3) is 4.82. The van der Waals surface area contributed by atoms with E-state index < -0.39 is 0 Å². The number of benzene rings is 5. The molecule has 0 spiro atoms. The number of hydrogen-bond donors (Lipinski definition) is 0. The maximum Gasteiger partial charge on any atom is 0.160 e. The second kappa shape index (κ2) is 11.2. The maximum absolute atomic E-state index is 5.15. The quantitative estimate of drug-likeness (QED) is 0.197. The Morgan fingerprint density at radius 1 is 0.404 bits per heavy atom. The van der Waals surface area contributed by atoms with Gasteiger partial charge in [-0.1, -0.05) is 133 Å². The molecule has 0 radical (unpaired) electrons. The van der Waals surface area contributed by atoms with Gasteiger partial charge in [0.1, 0.15) is 11.2 Å². The van der Waals surface area contributed by atoms with Crippen molar-refractivity contribution in [3.05, 3.63) is 164 Å². The summed E-state index contributed by atoms with van der Waals surface area (Å²) in [6.45, 7) is 0. The molecule has 0 N–H and O–H groups in total. The molecule has 5 heteroatoms. The van der Waals surface area contributed by atoms with Crippen molar-refractivity contribution >= 4 is 27.6 Å². The summed E-state index contributed by atoms with van der Waals surface area (Å²) in [5.41, 5.74) is 12.8. The highest BCUT2D eigenvalue weighted by atomic mass is 15.0. The molecule has 4 heterocycles. The molecule has 0 saturated carbocycles. The van der Waals surface area contributed by atoms with Crippen molar-refractivity contribution in [3.8, 4) is 56.3 Å². The molecule has 0 aliphatic carbocycles. The highest BCUT2D eigenvalue weighted by Gasteiger charge is 2.17.